The number of carbonyl (C=O) groups is 3. The van der Waals surface area contributed by atoms with Gasteiger partial charge in [-0.15, -0.1) is 0 Å². The van der Waals surface area contributed by atoms with Crippen LogP contribution in [0.25, 0.3) is 0 Å². The molecular formula is C77H134O6. The van der Waals surface area contributed by atoms with E-state index in [1.165, 1.54) is 225 Å². The molecule has 0 spiro atoms. The minimum Gasteiger partial charge on any atom is -0.462 e. The van der Waals surface area contributed by atoms with Crippen molar-refractivity contribution in [3.05, 3.63) is 97.2 Å². The molecule has 0 heterocycles. The maximum atomic E-state index is 12.8. The number of ether oxygens (including phenoxy) is 3. The SMILES string of the molecule is CC/C=C\C/C=C\C/C=C\C/C=C\C/C=C\CC(=O)OC(COC(=O)CCCCCCC/C=C\CCCCCCCC)COC(=O)CCCCCCCCCCCCCCCCCCCCCCCCC/C=C\C/C=C\CCCCCCC. The molecular weight excluding hydrogens is 1020 g/mol. The molecule has 1 unspecified atom stereocenters. The van der Waals surface area contributed by atoms with Crippen LogP contribution in [0.15, 0.2) is 97.2 Å². The summed E-state index contributed by atoms with van der Waals surface area (Å²) in [6, 6.07) is 0. The monoisotopic (exact) mass is 1160 g/mol. The molecule has 0 aromatic rings. The van der Waals surface area contributed by atoms with Crippen LogP contribution in [0, 0.1) is 0 Å². The third-order valence-electron chi connectivity index (χ3n) is 15.6. The number of hydrogen-bond donors (Lipinski definition) is 0. The van der Waals surface area contributed by atoms with Crippen LogP contribution in [0.3, 0.4) is 0 Å². The molecule has 0 aliphatic carbocycles. The summed E-state index contributed by atoms with van der Waals surface area (Å²) in [5.74, 6) is -1.04. The van der Waals surface area contributed by atoms with Gasteiger partial charge in [0.25, 0.3) is 0 Å². The molecule has 0 aliphatic heterocycles. The summed E-state index contributed by atoms with van der Waals surface area (Å²) >= 11 is 0. The van der Waals surface area contributed by atoms with Crippen molar-refractivity contribution in [1.29, 1.82) is 0 Å². The van der Waals surface area contributed by atoms with Crippen molar-refractivity contribution in [1.82, 2.24) is 0 Å². The van der Waals surface area contributed by atoms with Gasteiger partial charge < -0.3 is 14.2 Å². The largest absolute Gasteiger partial charge is 0.462 e. The molecule has 0 aliphatic rings. The van der Waals surface area contributed by atoms with E-state index in [1.54, 1.807) is 6.08 Å². The van der Waals surface area contributed by atoms with Crippen LogP contribution in [0.5, 0.6) is 0 Å². The van der Waals surface area contributed by atoms with Crippen molar-refractivity contribution in [3.63, 3.8) is 0 Å². The maximum absolute atomic E-state index is 12.8. The van der Waals surface area contributed by atoms with E-state index in [2.05, 4.69) is 106 Å². The zero-order valence-electron chi connectivity index (χ0n) is 54.9. The number of rotatable bonds is 65. The lowest BCUT2D eigenvalue weighted by molar-refractivity contribution is -0.166. The van der Waals surface area contributed by atoms with Crippen LogP contribution in [0.2, 0.25) is 0 Å². The number of unbranched alkanes of at least 4 members (excludes halogenated alkanes) is 39. The summed E-state index contributed by atoms with van der Waals surface area (Å²) in [5.41, 5.74) is 0. The summed E-state index contributed by atoms with van der Waals surface area (Å²) in [6.07, 6.45) is 96.3. The van der Waals surface area contributed by atoms with Crippen LogP contribution in [-0.2, 0) is 28.6 Å². The second-order valence-electron chi connectivity index (χ2n) is 23.8. The van der Waals surface area contributed by atoms with Crippen LogP contribution >= 0.6 is 0 Å². The van der Waals surface area contributed by atoms with Crippen molar-refractivity contribution < 1.29 is 28.6 Å². The van der Waals surface area contributed by atoms with Gasteiger partial charge >= 0.3 is 17.9 Å². The summed E-state index contributed by atoms with van der Waals surface area (Å²) in [4.78, 5) is 38.3. The Morgan fingerprint density at radius 2 is 0.506 bits per heavy atom. The Hall–Kier alpha value is -3.67. The third kappa shape index (κ3) is 69.0. The molecule has 6 heteroatoms. The fourth-order valence-electron chi connectivity index (χ4n) is 10.3. The van der Waals surface area contributed by atoms with Crippen LogP contribution in [0.1, 0.15) is 355 Å². The first-order chi connectivity index (χ1) is 41.0. The van der Waals surface area contributed by atoms with E-state index in [1.807, 2.05) is 6.08 Å². The van der Waals surface area contributed by atoms with E-state index in [9.17, 15) is 14.4 Å². The highest BCUT2D eigenvalue weighted by Gasteiger charge is 2.19. The molecule has 0 aromatic carbocycles. The van der Waals surface area contributed by atoms with E-state index in [-0.39, 0.29) is 31.6 Å². The number of allylic oxidation sites excluding steroid dienone is 15. The zero-order valence-corrected chi connectivity index (χ0v) is 54.9. The maximum Gasteiger partial charge on any atom is 0.310 e. The summed E-state index contributed by atoms with van der Waals surface area (Å²) in [7, 11) is 0. The smallest absolute Gasteiger partial charge is 0.310 e. The fraction of sp³-hybridized carbons (Fsp3) is 0.753. The quantitative estimate of drug-likeness (QED) is 0.0261. The van der Waals surface area contributed by atoms with Crippen molar-refractivity contribution in [2.45, 2.75) is 361 Å². The average Bonchev–Trinajstić information content (AvgIpc) is 3.50. The Bertz CT molecular complexity index is 1610. The molecule has 0 bridgehead atoms. The molecule has 0 saturated carbocycles. The highest BCUT2D eigenvalue weighted by atomic mass is 16.6. The Balaban J connectivity index is 4.16. The summed E-state index contributed by atoms with van der Waals surface area (Å²) < 4.78 is 16.8. The van der Waals surface area contributed by atoms with Gasteiger partial charge in [0.2, 0.25) is 0 Å². The molecule has 0 rings (SSSR count). The molecule has 1 atom stereocenters. The number of carbonyl (C=O) groups excluding carboxylic acids is 3. The van der Waals surface area contributed by atoms with Gasteiger partial charge in [0.15, 0.2) is 6.10 Å². The van der Waals surface area contributed by atoms with E-state index in [0.29, 0.717) is 12.8 Å². The normalized spacial score (nSPS) is 12.7. The van der Waals surface area contributed by atoms with Gasteiger partial charge in [-0.3, -0.25) is 14.4 Å². The predicted molar refractivity (Wildman–Crippen MR) is 362 cm³/mol. The first kappa shape index (κ1) is 79.3. The number of hydrogen-bond acceptors (Lipinski definition) is 6. The topological polar surface area (TPSA) is 78.9 Å². The van der Waals surface area contributed by atoms with Crippen LogP contribution < -0.4 is 0 Å². The summed E-state index contributed by atoms with van der Waals surface area (Å²) in [6.45, 7) is 6.46. The Morgan fingerprint density at radius 1 is 0.265 bits per heavy atom. The minimum atomic E-state index is -0.835. The van der Waals surface area contributed by atoms with Crippen LogP contribution in [-0.4, -0.2) is 37.2 Å². The fourth-order valence-corrected chi connectivity index (χ4v) is 10.3. The first-order valence-electron chi connectivity index (χ1n) is 35.7. The minimum absolute atomic E-state index is 0.0961. The summed E-state index contributed by atoms with van der Waals surface area (Å²) in [5, 5.41) is 0. The van der Waals surface area contributed by atoms with Crippen molar-refractivity contribution >= 4 is 17.9 Å². The molecule has 0 N–H and O–H groups in total. The first-order valence-corrected chi connectivity index (χ1v) is 35.7. The highest BCUT2D eigenvalue weighted by Crippen LogP contribution is 2.18. The van der Waals surface area contributed by atoms with Crippen molar-refractivity contribution in [2.24, 2.45) is 0 Å². The zero-order chi connectivity index (χ0) is 59.9. The van der Waals surface area contributed by atoms with Gasteiger partial charge in [0.1, 0.15) is 13.2 Å². The van der Waals surface area contributed by atoms with Gasteiger partial charge in [-0.1, -0.05) is 330 Å². The lowest BCUT2D eigenvalue weighted by atomic mass is 10.0. The predicted octanol–water partition coefficient (Wildman–Crippen LogP) is 24.8. The van der Waals surface area contributed by atoms with Crippen LogP contribution in [0.4, 0.5) is 0 Å². The van der Waals surface area contributed by atoms with Gasteiger partial charge in [-0.25, -0.2) is 0 Å². The lowest BCUT2D eigenvalue weighted by Crippen LogP contribution is -2.30. The van der Waals surface area contributed by atoms with E-state index < -0.39 is 12.1 Å². The highest BCUT2D eigenvalue weighted by molar-refractivity contribution is 5.72. The molecule has 0 saturated heterocycles. The van der Waals surface area contributed by atoms with Gasteiger partial charge in [0, 0.05) is 12.8 Å². The average molecular weight is 1160 g/mol. The Morgan fingerprint density at radius 3 is 0.807 bits per heavy atom. The lowest BCUT2D eigenvalue weighted by Gasteiger charge is -2.18. The second kappa shape index (κ2) is 70.8. The van der Waals surface area contributed by atoms with Gasteiger partial charge in [-0.05, 0) is 103 Å². The molecule has 0 aromatic heterocycles. The van der Waals surface area contributed by atoms with Gasteiger partial charge in [-0.2, -0.15) is 0 Å². The Labute approximate surface area is 515 Å². The molecule has 6 nitrogen and oxygen atoms in total. The van der Waals surface area contributed by atoms with Crippen molar-refractivity contribution in [3.8, 4) is 0 Å². The van der Waals surface area contributed by atoms with E-state index in [4.69, 9.17) is 14.2 Å². The molecule has 0 radical (unpaired) electrons. The van der Waals surface area contributed by atoms with E-state index in [0.717, 1.165) is 89.9 Å². The molecule has 478 valence electrons. The van der Waals surface area contributed by atoms with E-state index >= 15 is 0 Å². The molecule has 83 heavy (non-hydrogen) atoms. The Kier molecular flexibility index (Phi) is 67.7. The van der Waals surface area contributed by atoms with Crippen molar-refractivity contribution in [2.75, 3.05) is 13.2 Å². The standard InChI is InChI=1S/C77H134O6/c1-4-7-10-13-16-19-22-25-28-29-30-31-32-33-34-35-36-37-38-39-40-41-42-43-44-45-46-47-50-52-55-58-61-64-67-70-76(79)82-73-74(83-77(80)71-68-65-62-59-56-53-49-27-24-21-18-15-12-9-6-3)72-81-75(78)69-66-63-60-57-54-51-48-26-23-20-17-14-11-8-5-2/h9,12,18,21-22,25-27,29-30,48-49,56,59,65,68,74H,4-8,10-11,13-17,19-20,23-24,28,31-47,50-55,57-58,60-64,66-67,69-73H2,1-3H3/b12-9-,21-18-,25-22-,30-29-,48-26-,49-27-,59-56-,68-65-. The number of esters is 3. The molecule has 0 fully saturated rings. The third-order valence-corrected chi connectivity index (χ3v) is 15.6. The molecule has 0 amide bonds. The second-order valence-corrected chi connectivity index (χ2v) is 23.8. The van der Waals surface area contributed by atoms with Gasteiger partial charge in [0.05, 0.1) is 6.42 Å².